The number of rotatable bonds is 6. The van der Waals surface area contributed by atoms with E-state index in [-0.39, 0.29) is 5.91 Å². The first kappa shape index (κ1) is 19.2. The quantitative estimate of drug-likeness (QED) is 0.837. The zero-order valence-corrected chi connectivity index (χ0v) is 16.6. The van der Waals surface area contributed by atoms with Crippen LogP contribution in [0.5, 0.6) is 5.75 Å². The number of nitrogens with zero attached hydrogens (tertiary/aromatic N) is 2. The summed E-state index contributed by atoms with van der Waals surface area (Å²) in [6, 6.07) is 16.6. The van der Waals surface area contributed by atoms with Crippen LogP contribution in [0, 0.1) is 6.92 Å². The van der Waals surface area contributed by atoms with Gasteiger partial charge in [0.1, 0.15) is 5.75 Å². The molecule has 0 atom stereocenters. The summed E-state index contributed by atoms with van der Waals surface area (Å²) in [5.74, 6) is 1.09. The molecule has 2 aromatic rings. The molecule has 144 valence electrons. The van der Waals surface area contributed by atoms with E-state index in [1.807, 2.05) is 24.1 Å². The molecular formula is C22H30N3O2+. The van der Waals surface area contributed by atoms with Crippen LogP contribution in [0.15, 0.2) is 48.5 Å². The van der Waals surface area contributed by atoms with Crippen molar-refractivity contribution >= 4 is 11.6 Å². The number of carbonyl (C=O) groups excluding carboxylic acids is 1. The number of ether oxygens (including phenoxy) is 1. The Balaban J connectivity index is 1.48. The molecule has 1 aliphatic heterocycles. The van der Waals surface area contributed by atoms with Gasteiger partial charge in [0.05, 0.1) is 33.3 Å². The van der Waals surface area contributed by atoms with E-state index in [0.29, 0.717) is 13.1 Å². The Labute approximate surface area is 162 Å². The first-order chi connectivity index (χ1) is 13.0. The average Bonchev–Trinajstić information content (AvgIpc) is 2.70. The first-order valence-corrected chi connectivity index (χ1v) is 9.57. The number of hydrogen-bond acceptors (Lipinski definition) is 3. The van der Waals surface area contributed by atoms with Crippen molar-refractivity contribution in [3.63, 3.8) is 0 Å². The number of likely N-dealkylation sites (N-methyl/N-ethyl adjacent to an activating group) is 1. The second kappa shape index (κ2) is 8.91. The molecule has 1 amide bonds. The Morgan fingerprint density at radius 1 is 1.15 bits per heavy atom. The van der Waals surface area contributed by atoms with E-state index >= 15 is 0 Å². The molecule has 0 bridgehead atoms. The topological polar surface area (TPSA) is 37.2 Å². The lowest BCUT2D eigenvalue weighted by molar-refractivity contribution is -0.892. The van der Waals surface area contributed by atoms with Crippen LogP contribution in [0.2, 0.25) is 0 Å². The lowest BCUT2D eigenvalue weighted by Crippen LogP contribution is -3.15. The molecule has 1 heterocycles. The lowest BCUT2D eigenvalue weighted by Gasteiger charge is -2.34. The van der Waals surface area contributed by atoms with Crippen LogP contribution in [0.3, 0.4) is 0 Å². The molecule has 1 aliphatic rings. The van der Waals surface area contributed by atoms with E-state index in [0.717, 1.165) is 31.9 Å². The zero-order chi connectivity index (χ0) is 19.2. The number of anilines is 1. The molecule has 0 spiro atoms. The molecule has 1 fully saturated rings. The third-order valence-corrected chi connectivity index (χ3v) is 5.26. The van der Waals surface area contributed by atoms with Crippen LogP contribution < -0.4 is 14.5 Å². The minimum absolute atomic E-state index is 0.209. The van der Waals surface area contributed by atoms with Crippen molar-refractivity contribution in [2.24, 2.45) is 0 Å². The Morgan fingerprint density at radius 3 is 2.52 bits per heavy atom. The second-order valence-corrected chi connectivity index (χ2v) is 7.35. The van der Waals surface area contributed by atoms with E-state index in [4.69, 9.17) is 4.74 Å². The molecule has 0 aliphatic carbocycles. The fraction of sp³-hybridized carbons (Fsp3) is 0.409. The van der Waals surface area contributed by atoms with Crippen molar-refractivity contribution < 1.29 is 14.4 Å². The highest BCUT2D eigenvalue weighted by Gasteiger charge is 2.24. The molecule has 0 unspecified atom stereocenters. The minimum atomic E-state index is 0.209. The van der Waals surface area contributed by atoms with Gasteiger partial charge in [-0.05, 0) is 24.6 Å². The van der Waals surface area contributed by atoms with Crippen molar-refractivity contribution in [3.05, 3.63) is 59.7 Å². The average molecular weight is 369 g/mol. The van der Waals surface area contributed by atoms with Gasteiger partial charge in [-0.25, -0.2) is 0 Å². The Kier molecular flexibility index (Phi) is 6.35. The molecule has 3 rings (SSSR count). The minimum Gasteiger partial charge on any atom is -0.497 e. The second-order valence-electron chi connectivity index (χ2n) is 7.35. The zero-order valence-electron chi connectivity index (χ0n) is 16.6. The van der Waals surface area contributed by atoms with E-state index in [1.54, 1.807) is 7.11 Å². The maximum absolute atomic E-state index is 12.6. The summed E-state index contributed by atoms with van der Waals surface area (Å²) in [5, 5.41) is 0. The molecule has 1 N–H and O–H groups in total. The fourth-order valence-electron chi connectivity index (χ4n) is 3.47. The van der Waals surface area contributed by atoms with Gasteiger partial charge < -0.3 is 19.4 Å². The van der Waals surface area contributed by atoms with Gasteiger partial charge in [0.2, 0.25) is 0 Å². The summed E-state index contributed by atoms with van der Waals surface area (Å²) in [7, 11) is 3.59. The summed E-state index contributed by atoms with van der Waals surface area (Å²) >= 11 is 0. The van der Waals surface area contributed by atoms with Crippen LogP contribution in [-0.2, 0) is 11.3 Å². The highest BCUT2D eigenvalue weighted by atomic mass is 16.5. The highest BCUT2D eigenvalue weighted by Crippen LogP contribution is 2.20. The molecule has 0 aromatic heterocycles. The largest absolute Gasteiger partial charge is 0.497 e. The van der Waals surface area contributed by atoms with Gasteiger partial charge in [-0.2, -0.15) is 0 Å². The van der Waals surface area contributed by atoms with Crippen LogP contribution in [0.25, 0.3) is 0 Å². The smallest absolute Gasteiger partial charge is 0.277 e. The van der Waals surface area contributed by atoms with Crippen molar-refractivity contribution in [1.29, 1.82) is 0 Å². The van der Waals surface area contributed by atoms with E-state index in [9.17, 15) is 4.79 Å². The van der Waals surface area contributed by atoms with Crippen molar-refractivity contribution in [2.75, 3.05) is 51.8 Å². The van der Waals surface area contributed by atoms with Crippen molar-refractivity contribution in [2.45, 2.75) is 13.5 Å². The van der Waals surface area contributed by atoms with Crippen LogP contribution in [-0.4, -0.2) is 57.7 Å². The number of benzene rings is 2. The number of nitrogens with one attached hydrogen (secondary N) is 1. The van der Waals surface area contributed by atoms with Gasteiger partial charge in [0.15, 0.2) is 6.54 Å². The van der Waals surface area contributed by atoms with Gasteiger partial charge in [0, 0.05) is 25.3 Å². The van der Waals surface area contributed by atoms with Gasteiger partial charge in [-0.3, -0.25) is 4.79 Å². The summed E-state index contributed by atoms with van der Waals surface area (Å²) in [4.78, 5) is 18.2. The number of piperazine rings is 1. The highest BCUT2D eigenvalue weighted by molar-refractivity contribution is 5.76. The number of methoxy groups -OCH3 is 1. The first-order valence-electron chi connectivity index (χ1n) is 9.57. The molecule has 0 saturated carbocycles. The van der Waals surface area contributed by atoms with Gasteiger partial charge in [-0.15, -0.1) is 0 Å². The predicted octanol–water partition coefficient (Wildman–Crippen LogP) is 1.37. The summed E-state index contributed by atoms with van der Waals surface area (Å²) in [5.41, 5.74) is 3.61. The summed E-state index contributed by atoms with van der Waals surface area (Å²) in [6.45, 7) is 7.17. The number of hydrogen-bond donors (Lipinski definition) is 1. The number of aryl methyl sites for hydroxylation is 1. The van der Waals surface area contributed by atoms with Crippen molar-refractivity contribution in [3.8, 4) is 5.75 Å². The van der Waals surface area contributed by atoms with Crippen LogP contribution >= 0.6 is 0 Å². The third kappa shape index (κ3) is 5.23. The van der Waals surface area contributed by atoms with Crippen molar-refractivity contribution in [1.82, 2.24) is 4.90 Å². The molecule has 1 saturated heterocycles. The Morgan fingerprint density at radius 2 is 1.85 bits per heavy atom. The Bertz CT molecular complexity index is 752. The number of amides is 1. The van der Waals surface area contributed by atoms with Gasteiger partial charge in [-0.1, -0.05) is 35.9 Å². The third-order valence-electron chi connectivity index (χ3n) is 5.26. The van der Waals surface area contributed by atoms with E-state index in [1.165, 1.54) is 21.7 Å². The fourth-order valence-corrected chi connectivity index (χ4v) is 3.47. The molecule has 27 heavy (non-hydrogen) atoms. The standard InChI is InChI=1S/C22H29N3O2/c1-18-7-9-19(10-8-18)16-23(2)22(26)17-24-11-13-25(14-12-24)20-5-4-6-21(15-20)27-3/h4-10,15H,11-14,16-17H2,1-3H3/p+1. The van der Waals surface area contributed by atoms with E-state index in [2.05, 4.69) is 48.2 Å². The normalized spacial score (nSPS) is 14.9. The predicted molar refractivity (Wildman–Crippen MR) is 108 cm³/mol. The maximum Gasteiger partial charge on any atom is 0.277 e. The Hall–Kier alpha value is -2.53. The summed E-state index contributed by atoms with van der Waals surface area (Å²) < 4.78 is 5.32. The number of carbonyl (C=O) groups is 1. The van der Waals surface area contributed by atoms with Gasteiger partial charge in [0.25, 0.3) is 5.91 Å². The van der Waals surface area contributed by atoms with E-state index < -0.39 is 0 Å². The lowest BCUT2D eigenvalue weighted by atomic mass is 10.1. The molecule has 2 aromatic carbocycles. The molecule has 5 nitrogen and oxygen atoms in total. The summed E-state index contributed by atoms with van der Waals surface area (Å²) in [6.07, 6.45) is 0. The molecule has 0 radical (unpaired) electrons. The molecule has 5 heteroatoms. The van der Waals surface area contributed by atoms with Crippen LogP contribution in [0.1, 0.15) is 11.1 Å². The van der Waals surface area contributed by atoms with Gasteiger partial charge >= 0.3 is 0 Å². The molecular weight excluding hydrogens is 338 g/mol. The van der Waals surface area contributed by atoms with Crippen LogP contribution in [0.4, 0.5) is 5.69 Å². The SMILES string of the molecule is COc1cccc(N2CC[NH+](CC(=O)N(C)Cc3ccc(C)cc3)CC2)c1. The number of quaternary nitrogens is 1. The maximum atomic E-state index is 12.6. The monoisotopic (exact) mass is 368 g/mol.